The summed E-state index contributed by atoms with van der Waals surface area (Å²) in [5.41, 5.74) is -0.326. The van der Waals surface area contributed by atoms with E-state index in [1.165, 1.54) is 0 Å². The van der Waals surface area contributed by atoms with Gasteiger partial charge in [0.05, 0.1) is 67.0 Å². The topological polar surface area (TPSA) is 189 Å². The summed E-state index contributed by atoms with van der Waals surface area (Å²) < 4.78 is 53.9. The van der Waals surface area contributed by atoms with Crippen molar-refractivity contribution in [2.24, 2.45) is 47.3 Å². The Labute approximate surface area is 363 Å². The van der Waals surface area contributed by atoms with Crippen molar-refractivity contribution >= 4 is 11.8 Å². The largest absolute Gasteiger partial charge is 0.481 e. The Kier molecular flexibility index (Phi) is 15.0. The first kappa shape index (κ1) is 48.9. The quantitative estimate of drug-likeness (QED) is 0.154. The molecule has 4 N–H and O–H groups in total. The monoisotopic (exact) mass is 867 g/mol. The van der Waals surface area contributed by atoms with Gasteiger partial charge in [-0.15, -0.1) is 0 Å². The second-order valence-corrected chi connectivity index (χ2v) is 20.6. The first-order chi connectivity index (χ1) is 28.5. The van der Waals surface area contributed by atoms with Crippen molar-refractivity contribution in [3.8, 4) is 0 Å². The molecule has 6 aliphatic heterocycles. The summed E-state index contributed by atoms with van der Waals surface area (Å²) in [4.78, 5) is 24.8. The Bertz CT molecular complexity index is 1570. The van der Waals surface area contributed by atoms with Gasteiger partial charge in [0.15, 0.2) is 29.4 Å². The molecule has 2 spiro atoms. The van der Waals surface area contributed by atoms with Crippen LogP contribution in [0.5, 0.6) is 0 Å². The zero-order valence-corrected chi connectivity index (χ0v) is 38.8. The Morgan fingerprint density at radius 2 is 1.61 bits per heavy atom. The molecule has 6 heterocycles. The summed E-state index contributed by atoms with van der Waals surface area (Å²) in [6.45, 7) is 20.9. The molecule has 21 atom stereocenters. The highest BCUT2D eigenvalue weighted by Gasteiger charge is 2.65. The fourth-order valence-electron chi connectivity index (χ4n) is 11.8. The van der Waals surface area contributed by atoms with Crippen molar-refractivity contribution < 1.29 is 67.9 Å². The summed E-state index contributed by atoms with van der Waals surface area (Å²) in [6.07, 6.45) is 3.25. The van der Waals surface area contributed by atoms with Gasteiger partial charge in [-0.3, -0.25) is 9.59 Å². The van der Waals surface area contributed by atoms with Crippen molar-refractivity contribution in [3.05, 3.63) is 11.6 Å². The van der Waals surface area contributed by atoms with E-state index in [4.69, 9.17) is 37.9 Å². The molecule has 0 aromatic heterocycles. The third-order valence-electron chi connectivity index (χ3n) is 15.9. The van der Waals surface area contributed by atoms with Crippen LogP contribution in [-0.2, 0) is 47.5 Å². The van der Waals surface area contributed by atoms with E-state index >= 15 is 0 Å². The number of aliphatic hydroxyl groups excluding tert-OH is 2. The standard InChI is InChI=1S/C47H78O14/c1-24(40(50)25(2)18-28(5)43(51)52)17-26(3)41-31(8)34(49)22-45(59-41)16-15-44(11,61-45)38-21-36(56-39-14-13-35(54-12)33(10)55-39)32(9)47(58-38)30(7)20-37(57-47)42-27(4)19-29(6)46(53,23-48)60-42/h17,25-39,41-42,48-49,53H,13-16,18-23H2,1-12H3,(H,51,52)/b24-17+/t25-,26+,27-,28+,29-,30+,31+,32-,33-,34+,35+,36+,37-,38?,39?,41-,42?,44+,45-,46+,47+/m1/s1. The van der Waals surface area contributed by atoms with E-state index in [1.807, 2.05) is 33.8 Å². The highest BCUT2D eigenvalue weighted by Crippen LogP contribution is 2.56. The molecule has 0 radical (unpaired) electrons. The second-order valence-electron chi connectivity index (χ2n) is 20.6. The van der Waals surface area contributed by atoms with Crippen molar-refractivity contribution in [1.82, 2.24) is 0 Å². The summed E-state index contributed by atoms with van der Waals surface area (Å²) in [7, 11) is 1.70. The van der Waals surface area contributed by atoms with E-state index in [2.05, 4.69) is 27.7 Å². The molecule has 61 heavy (non-hydrogen) atoms. The van der Waals surface area contributed by atoms with Crippen LogP contribution in [0.2, 0.25) is 0 Å². The summed E-state index contributed by atoms with van der Waals surface area (Å²) in [5, 5.41) is 42.5. The summed E-state index contributed by atoms with van der Waals surface area (Å²) in [6, 6.07) is 0. The lowest BCUT2D eigenvalue weighted by Gasteiger charge is -2.54. The molecule has 6 rings (SSSR count). The van der Waals surface area contributed by atoms with Gasteiger partial charge in [-0.05, 0) is 64.4 Å². The number of aliphatic hydroxyl groups is 3. The van der Waals surface area contributed by atoms with Crippen LogP contribution in [0, 0.1) is 47.3 Å². The van der Waals surface area contributed by atoms with Gasteiger partial charge in [0.25, 0.3) is 0 Å². The third-order valence-corrected chi connectivity index (χ3v) is 15.9. The van der Waals surface area contributed by atoms with Gasteiger partial charge in [0.2, 0.25) is 0 Å². The minimum Gasteiger partial charge on any atom is -0.481 e. The predicted octanol–water partition coefficient (Wildman–Crippen LogP) is 6.15. The van der Waals surface area contributed by atoms with Crippen LogP contribution in [0.1, 0.15) is 134 Å². The molecule has 6 saturated heterocycles. The lowest BCUT2D eigenvalue weighted by Crippen LogP contribution is -2.63. The van der Waals surface area contributed by atoms with E-state index in [1.54, 1.807) is 27.9 Å². The van der Waals surface area contributed by atoms with Crippen LogP contribution >= 0.6 is 0 Å². The molecule has 6 aliphatic rings. The van der Waals surface area contributed by atoms with Gasteiger partial charge in [-0.25, -0.2) is 0 Å². The van der Waals surface area contributed by atoms with Gasteiger partial charge in [-0.2, -0.15) is 0 Å². The number of carboxylic acid groups (broad SMARTS) is 1. The molecule has 6 fully saturated rings. The zero-order valence-electron chi connectivity index (χ0n) is 38.8. The summed E-state index contributed by atoms with van der Waals surface area (Å²) in [5.74, 6) is -7.01. The first-order valence-electron chi connectivity index (χ1n) is 23.2. The van der Waals surface area contributed by atoms with Crippen LogP contribution in [0.4, 0.5) is 0 Å². The maximum Gasteiger partial charge on any atom is 0.306 e. The maximum absolute atomic E-state index is 13.4. The van der Waals surface area contributed by atoms with Crippen LogP contribution in [0.3, 0.4) is 0 Å². The highest BCUT2D eigenvalue weighted by molar-refractivity contribution is 5.96. The number of hydrogen-bond acceptors (Lipinski definition) is 13. The number of methoxy groups -OCH3 is 1. The molecule has 0 bridgehead atoms. The predicted molar refractivity (Wildman–Crippen MR) is 224 cm³/mol. The average molecular weight is 867 g/mol. The Balaban J connectivity index is 1.24. The SMILES string of the molecule is CO[C@H]1CCC(O[C@H]2CC([C@]3(C)CC[C@]4(C[C@H](O)[C@H](C)[C@@H]([C@@H](C)/C=C(\C)C(=O)[C@H](C)C[C@H](C)C(=O)O)O4)O3)O[C@]3(O[C@@H](C4O[C@@](O)(CO)[C@H](C)C[C@H]4C)C[C@@H]3C)[C@@H]2C)O[C@@H]1C. The number of ketones is 1. The number of aliphatic carboxylic acids is 1. The normalized spacial score (nSPS) is 48.6. The highest BCUT2D eigenvalue weighted by atomic mass is 16.8. The Morgan fingerprint density at radius 1 is 0.902 bits per heavy atom. The van der Waals surface area contributed by atoms with E-state index in [-0.39, 0.29) is 72.4 Å². The fourth-order valence-corrected chi connectivity index (χ4v) is 11.8. The molecule has 14 nitrogen and oxygen atoms in total. The number of hydrogen-bond donors (Lipinski definition) is 4. The summed E-state index contributed by atoms with van der Waals surface area (Å²) >= 11 is 0. The van der Waals surface area contributed by atoms with E-state index in [9.17, 15) is 30.0 Å². The molecule has 0 aromatic rings. The molecule has 350 valence electrons. The molecule has 0 aliphatic carbocycles. The van der Waals surface area contributed by atoms with Crippen molar-refractivity contribution in [2.45, 2.75) is 212 Å². The van der Waals surface area contributed by atoms with Crippen LogP contribution in [0.15, 0.2) is 11.6 Å². The molecule has 3 unspecified atom stereocenters. The molecular weight excluding hydrogens is 789 g/mol. The third kappa shape index (κ3) is 9.71. The van der Waals surface area contributed by atoms with E-state index in [0.29, 0.717) is 44.1 Å². The molecule has 14 heteroatoms. The van der Waals surface area contributed by atoms with Crippen LogP contribution < -0.4 is 0 Å². The minimum absolute atomic E-state index is 0.0130. The van der Waals surface area contributed by atoms with Gasteiger partial charge in [0.1, 0.15) is 0 Å². The molecule has 0 saturated carbocycles. The fraction of sp³-hybridized carbons (Fsp3) is 0.915. The lowest BCUT2D eigenvalue weighted by molar-refractivity contribution is -0.390. The van der Waals surface area contributed by atoms with Gasteiger partial charge in [-0.1, -0.05) is 61.5 Å². The average Bonchev–Trinajstić information content (AvgIpc) is 3.71. The minimum atomic E-state index is -1.66. The number of Topliss-reactive ketones (excluding diaryl/α,β-unsaturated/α-hetero) is 1. The molecular formula is C47H78O14. The second kappa shape index (κ2) is 18.7. The van der Waals surface area contributed by atoms with Crippen LogP contribution in [-0.4, -0.2) is 124 Å². The van der Waals surface area contributed by atoms with E-state index in [0.717, 1.165) is 6.42 Å². The smallest absolute Gasteiger partial charge is 0.306 e. The van der Waals surface area contributed by atoms with Gasteiger partial charge >= 0.3 is 5.97 Å². The number of carbonyl (C=O) groups is 2. The lowest BCUT2D eigenvalue weighted by atomic mass is 9.76. The molecule has 0 amide bonds. The van der Waals surface area contributed by atoms with E-state index < -0.39 is 84.2 Å². The molecule has 0 aromatic carbocycles. The van der Waals surface area contributed by atoms with Crippen molar-refractivity contribution in [1.29, 1.82) is 0 Å². The van der Waals surface area contributed by atoms with Crippen molar-refractivity contribution in [2.75, 3.05) is 13.7 Å². The Hall–Kier alpha value is -1.56. The van der Waals surface area contributed by atoms with Crippen LogP contribution in [0.25, 0.3) is 0 Å². The maximum atomic E-state index is 13.4. The Morgan fingerprint density at radius 3 is 2.25 bits per heavy atom. The number of carboxylic acids is 1. The number of allylic oxidation sites excluding steroid dienone is 1. The van der Waals surface area contributed by atoms with Crippen molar-refractivity contribution in [3.63, 3.8) is 0 Å². The number of carbonyl (C=O) groups excluding carboxylic acids is 1. The number of ether oxygens (including phenoxy) is 8. The number of rotatable bonds is 13. The van der Waals surface area contributed by atoms with Gasteiger partial charge < -0.3 is 58.3 Å². The van der Waals surface area contributed by atoms with Gasteiger partial charge in [0, 0.05) is 68.3 Å². The zero-order chi connectivity index (χ0) is 45.0. The first-order valence-corrected chi connectivity index (χ1v) is 23.2.